The number of ether oxygens (including phenoxy) is 7. The molecule has 5 rings (SSSR count). The number of hydrogen-bond acceptors (Lipinski definition) is 17. The first-order chi connectivity index (χ1) is 24.2. The predicted octanol–water partition coefficient (Wildman–Crippen LogP) is -3.27. The van der Waals surface area contributed by atoms with E-state index in [1.807, 2.05) is 0 Å². The molecule has 51 heavy (non-hydrogen) atoms. The summed E-state index contributed by atoms with van der Waals surface area (Å²) in [5.41, 5.74) is -0.185. The van der Waals surface area contributed by atoms with Crippen molar-refractivity contribution in [3.63, 3.8) is 0 Å². The Morgan fingerprint density at radius 2 is 1.29 bits per heavy atom. The second-order valence-corrected chi connectivity index (χ2v) is 13.3. The highest BCUT2D eigenvalue weighted by atomic mass is 16.8. The standard InChI is InChI=1S/C32H46O19/c1-3-12-13(15(27(41)42)9-46-29(12)50-31-25(39)23(37)21(35)18(7-33)48-31)4-5-45-17-6-14-16(28(43)44)10-47-30(20(14)11(17)2)51-32-26(40)24(38)22(36)19(8-34)49-32/h3,9-14,17-26,29-40H,1,4-8H2,2H3,(H,41,42)(H,43,44)/t11?,12?,13?,14?,17?,18-,19-,20?,21-,22-,23+,24+,25-,26-,29?,30?,31+,32+/m1/s1. The van der Waals surface area contributed by atoms with Crippen molar-refractivity contribution in [2.24, 2.45) is 29.6 Å². The number of rotatable bonds is 13. The summed E-state index contributed by atoms with van der Waals surface area (Å²) in [5, 5.41) is 100. The van der Waals surface area contributed by atoms with E-state index in [0.29, 0.717) is 0 Å². The Hall–Kier alpha value is -2.76. The van der Waals surface area contributed by atoms with Crippen LogP contribution in [-0.4, -0.2) is 163 Å². The highest BCUT2D eigenvalue weighted by molar-refractivity contribution is 5.87. The van der Waals surface area contributed by atoms with Gasteiger partial charge in [0.1, 0.15) is 48.8 Å². The van der Waals surface area contributed by atoms with Crippen LogP contribution >= 0.6 is 0 Å². The first kappa shape index (κ1) is 39.4. The summed E-state index contributed by atoms with van der Waals surface area (Å²) in [6.07, 6.45) is -15.1. The molecule has 0 amide bonds. The van der Waals surface area contributed by atoms with Gasteiger partial charge in [0.2, 0.25) is 12.6 Å². The lowest BCUT2D eigenvalue weighted by Gasteiger charge is -2.43. The molecule has 4 aliphatic heterocycles. The SMILES string of the molecule is C=CC1C(O[C@@H]2O[C@H](CO)[C@@H](O)[C@H](O)[C@H]2O)OC=C(C(=O)O)C1CCOC1CC2C(C(=O)O)=COC(O[C@@H]3O[C@H](CO)[C@@H](O)[C@H](O)[C@H]3O)C2C1C. The molecule has 5 aliphatic rings. The minimum atomic E-state index is -1.74. The average Bonchev–Trinajstić information content (AvgIpc) is 3.44. The maximum Gasteiger partial charge on any atom is 0.334 e. The molecule has 19 nitrogen and oxygen atoms in total. The van der Waals surface area contributed by atoms with Crippen molar-refractivity contribution >= 4 is 11.9 Å². The molecular weight excluding hydrogens is 688 g/mol. The van der Waals surface area contributed by atoms with Crippen molar-refractivity contribution in [1.29, 1.82) is 0 Å². The third-order valence-electron chi connectivity index (χ3n) is 10.5. The molecule has 288 valence electrons. The number of carbonyl (C=O) groups is 2. The number of aliphatic hydroxyl groups is 8. The molecule has 0 bridgehead atoms. The minimum absolute atomic E-state index is 0.0357. The van der Waals surface area contributed by atoms with Crippen LogP contribution in [0.25, 0.3) is 0 Å². The van der Waals surface area contributed by atoms with Gasteiger partial charge in [0.05, 0.1) is 43.0 Å². The van der Waals surface area contributed by atoms with Crippen LogP contribution in [0.4, 0.5) is 0 Å². The van der Waals surface area contributed by atoms with Crippen molar-refractivity contribution in [3.8, 4) is 0 Å². The fraction of sp³-hybridized carbons (Fsp3) is 0.750. The Balaban J connectivity index is 1.27. The van der Waals surface area contributed by atoms with Crippen molar-refractivity contribution < 1.29 is 93.8 Å². The Morgan fingerprint density at radius 1 is 0.784 bits per heavy atom. The van der Waals surface area contributed by atoms with Crippen LogP contribution in [-0.2, 0) is 42.7 Å². The first-order valence-corrected chi connectivity index (χ1v) is 16.6. The number of fused-ring (bicyclic) bond motifs is 1. The first-order valence-electron chi connectivity index (χ1n) is 16.6. The average molecular weight is 735 g/mol. The molecule has 8 unspecified atom stereocenters. The normalized spacial score (nSPS) is 45.4. The molecular formula is C32H46O19. The fourth-order valence-corrected chi connectivity index (χ4v) is 7.52. The molecule has 0 spiro atoms. The Morgan fingerprint density at radius 3 is 1.80 bits per heavy atom. The lowest BCUT2D eigenvalue weighted by molar-refractivity contribution is -0.342. The summed E-state index contributed by atoms with van der Waals surface area (Å²) in [5.74, 6) is -5.94. The van der Waals surface area contributed by atoms with Gasteiger partial charge in [-0.25, -0.2) is 9.59 Å². The van der Waals surface area contributed by atoms with E-state index in [1.54, 1.807) is 6.92 Å². The lowest BCUT2D eigenvalue weighted by atomic mass is 9.82. The zero-order chi connectivity index (χ0) is 37.3. The van der Waals surface area contributed by atoms with Gasteiger partial charge in [0, 0.05) is 30.3 Å². The molecule has 18 atom stereocenters. The second kappa shape index (κ2) is 16.5. The van der Waals surface area contributed by atoms with E-state index in [0.717, 1.165) is 12.5 Å². The van der Waals surface area contributed by atoms with E-state index in [1.165, 1.54) is 6.08 Å². The number of aliphatic carboxylic acids is 2. The van der Waals surface area contributed by atoms with Gasteiger partial charge in [-0.15, -0.1) is 6.58 Å². The number of carboxylic acids is 2. The minimum Gasteiger partial charge on any atom is -0.478 e. The van der Waals surface area contributed by atoms with E-state index in [2.05, 4.69) is 6.58 Å². The van der Waals surface area contributed by atoms with E-state index >= 15 is 0 Å². The Bertz CT molecular complexity index is 1300. The van der Waals surface area contributed by atoms with E-state index in [9.17, 15) is 60.7 Å². The number of hydrogen-bond donors (Lipinski definition) is 10. The van der Waals surface area contributed by atoms with Gasteiger partial charge in [0.15, 0.2) is 12.6 Å². The van der Waals surface area contributed by atoms with Crippen molar-refractivity contribution in [1.82, 2.24) is 0 Å². The molecule has 0 aromatic carbocycles. The van der Waals surface area contributed by atoms with Gasteiger partial charge in [-0.05, 0) is 18.8 Å². The summed E-state index contributed by atoms with van der Waals surface area (Å²) in [7, 11) is 0. The van der Waals surface area contributed by atoms with Crippen LogP contribution in [0.3, 0.4) is 0 Å². The van der Waals surface area contributed by atoms with Crippen LogP contribution < -0.4 is 0 Å². The van der Waals surface area contributed by atoms with Gasteiger partial charge >= 0.3 is 11.9 Å². The zero-order valence-electron chi connectivity index (χ0n) is 27.5. The van der Waals surface area contributed by atoms with Gasteiger partial charge in [-0.1, -0.05) is 13.0 Å². The monoisotopic (exact) mass is 734 g/mol. The van der Waals surface area contributed by atoms with Crippen LogP contribution in [0.15, 0.2) is 36.3 Å². The summed E-state index contributed by atoms with van der Waals surface area (Å²) < 4.78 is 39.9. The van der Waals surface area contributed by atoms with Gasteiger partial charge in [-0.2, -0.15) is 0 Å². The van der Waals surface area contributed by atoms with Crippen LogP contribution in [0, 0.1) is 29.6 Å². The smallest absolute Gasteiger partial charge is 0.334 e. The third kappa shape index (κ3) is 7.81. The van der Waals surface area contributed by atoms with Crippen LogP contribution in [0.2, 0.25) is 0 Å². The molecule has 10 N–H and O–H groups in total. The summed E-state index contributed by atoms with van der Waals surface area (Å²) in [6, 6.07) is 0. The molecule has 1 saturated carbocycles. The van der Waals surface area contributed by atoms with Gasteiger partial charge in [-0.3, -0.25) is 0 Å². The summed E-state index contributed by atoms with van der Waals surface area (Å²) in [6.45, 7) is 4.15. The quantitative estimate of drug-likeness (QED) is 0.0830. The lowest BCUT2D eigenvalue weighted by Crippen LogP contribution is -2.60. The number of aliphatic hydroxyl groups excluding tert-OH is 8. The van der Waals surface area contributed by atoms with Gasteiger partial charge in [0.25, 0.3) is 0 Å². The second-order valence-electron chi connectivity index (χ2n) is 13.3. The molecule has 4 heterocycles. The fourth-order valence-electron chi connectivity index (χ4n) is 7.52. The number of carboxylic acid groups (broad SMARTS) is 2. The maximum absolute atomic E-state index is 12.2. The maximum atomic E-state index is 12.2. The predicted molar refractivity (Wildman–Crippen MR) is 163 cm³/mol. The van der Waals surface area contributed by atoms with Crippen molar-refractivity contribution in [2.45, 2.75) is 99.9 Å². The largest absolute Gasteiger partial charge is 0.478 e. The molecule has 19 heteroatoms. The Labute approximate surface area is 291 Å². The van der Waals surface area contributed by atoms with E-state index in [-0.39, 0.29) is 30.6 Å². The van der Waals surface area contributed by atoms with E-state index < -0.39 is 135 Å². The van der Waals surface area contributed by atoms with E-state index in [4.69, 9.17) is 33.2 Å². The Kier molecular flexibility index (Phi) is 12.8. The van der Waals surface area contributed by atoms with Gasteiger partial charge < -0.3 is 84.2 Å². The highest BCUT2D eigenvalue weighted by Gasteiger charge is 2.54. The highest BCUT2D eigenvalue weighted by Crippen LogP contribution is 2.49. The van der Waals surface area contributed by atoms with Crippen molar-refractivity contribution in [2.75, 3.05) is 19.8 Å². The van der Waals surface area contributed by atoms with Crippen LogP contribution in [0.1, 0.15) is 19.8 Å². The molecule has 0 radical (unpaired) electrons. The molecule has 1 aliphatic carbocycles. The van der Waals surface area contributed by atoms with Crippen LogP contribution in [0.5, 0.6) is 0 Å². The molecule has 0 aromatic rings. The van der Waals surface area contributed by atoms with Crippen molar-refractivity contribution in [3.05, 3.63) is 36.3 Å². The summed E-state index contributed by atoms with van der Waals surface area (Å²) in [4.78, 5) is 24.3. The molecule has 0 aromatic heterocycles. The third-order valence-corrected chi connectivity index (χ3v) is 10.5. The molecule has 2 saturated heterocycles. The summed E-state index contributed by atoms with van der Waals surface area (Å²) >= 11 is 0. The zero-order valence-corrected chi connectivity index (χ0v) is 27.5. The topological polar surface area (TPSA) is 301 Å². The molecule has 3 fully saturated rings.